The van der Waals surface area contributed by atoms with Gasteiger partial charge in [0.1, 0.15) is 18.3 Å². The molecule has 2 aliphatic rings. The molecule has 2 aromatic carbocycles. The molecule has 1 heterocycles. The lowest BCUT2D eigenvalue weighted by Crippen LogP contribution is -2.58. The smallest absolute Gasteiger partial charge is 0.250 e. The lowest BCUT2D eigenvalue weighted by atomic mass is 9.91. The molecule has 0 N–H and O–H groups in total. The van der Waals surface area contributed by atoms with Crippen LogP contribution in [0.25, 0.3) is 0 Å². The van der Waals surface area contributed by atoms with Crippen molar-refractivity contribution in [3.63, 3.8) is 0 Å². The fraction of sp³-hybridized carbons (Fsp3) is 0.481. The Labute approximate surface area is 201 Å². The van der Waals surface area contributed by atoms with Crippen molar-refractivity contribution in [2.75, 3.05) is 27.4 Å². The molecule has 2 amide bonds. The fourth-order valence-corrected chi connectivity index (χ4v) is 5.10. The summed E-state index contributed by atoms with van der Waals surface area (Å²) < 4.78 is 16.7. The average Bonchev–Trinajstić information content (AvgIpc) is 2.87. The van der Waals surface area contributed by atoms with E-state index in [0.717, 1.165) is 31.2 Å². The molecule has 0 unspecified atom stereocenters. The van der Waals surface area contributed by atoms with Gasteiger partial charge in [-0.15, -0.1) is 0 Å². The van der Waals surface area contributed by atoms with E-state index in [0.29, 0.717) is 29.4 Å². The second-order valence-electron chi connectivity index (χ2n) is 8.84. The number of nitrogens with zero attached hydrogens (tertiary/aromatic N) is 2. The molecule has 1 saturated heterocycles. The van der Waals surface area contributed by atoms with Crippen LogP contribution in [-0.4, -0.2) is 55.0 Å². The maximum absolute atomic E-state index is 14.0. The molecular weight excluding hydrogens is 432 g/mol. The van der Waals surface area contributed by atoms with Crippen molar-refractivity contribution in [2.45, 2.75) is 57.7 Å². The summed E-state index contributed by atoms with van der Waals surface area (Å²) in [6.07, 6.45) is 5.27. The van der Waals surface area contributed by atoms with Crippen LogP contribution in [0.4, 0.5) is 0 Å². The first-order valence-corrected chi connectivity index (χ1v) is 12.1. The van der Waals surface area contributed by atoms with E-state index < -0.39 is 6.04 Å². The highest BCUT2D eigenvalue weighted by Gasteiger charge is 2.43. The summed E-state index contributed by atoms with van der Waals surface area (Å²) in [5.74, 6) is 1.76. The van der Waals surface area contributed by atoms with Gasteiger partial charge >= 0.3 is 0 Å². The minimum atomic E-state index is -0.738. The first kappa shape index (κ1) is 23.9. The van der Waals surface area contributed by atoms with Crippen molar-refractivity contribution < 1.29 is 23.8 Å². The molecule has 1 saturated carbocycles. The molecular formula is C27H34N2O5. The number of para-hydroxylation sites is 1. The Hall–Kier alpha value is -3.22. The van der Waals surface area contributed by atoms with Gasteiger partial charge in [-0.2, -0.15) is 0 Å². The number of methoxy groups -OCH3 is 2. The first-order valence-electron chi connectivity index (χ1n) is 12.1. The van der Waals surface area contributed by atoms with E-state index in [1.807, 2.05) is 54.3 Å². The molecule has 34 heavy (non-hydrogen) atoms. The fourth-order valence-electron chi connectivity index (χ4n) is 5.10. The van der Waals surface area contributed by atoms with Gasteiger partial charge in [0.25, 0.3) is 5.91 Å². The van der Waals surface area contributed by atoms with Crippen molar-refractivity contribution in [1.29, 1.82) is 0 Å². The molecule has 0 spiro atoms. The van der Waals surface area contributed by atoms with E-state index in [1.54, 1.807) is 19.1 Å². The van der Waals surface area contributed by atoms with Gasteiger partial charge in [-0.25, -0.2) is 0 Å². The number of carbonyl (C=O) groups excluding carboxylic acids is 2. The number of hydrogen-bond donors (Lipinski definition) is 0. The SMILES string of the molecule is CCOc1ccc([C@H]2C(=O)N(C3CCCCC3)CC(=O)N2Cc2ccccc2OC)cc1OC. The Balaban J connectivity index is 1.73. The van der Waals surface area contributed by atoms with E-state index in [2.05, 4.69) is 0 Å². The van der Waals surface area contributed by atoms with Gasteiger partial charge in [-0.3, -0.25) is 9.59 Å². The quantitative estimate of drug-likeness (QED) is 0.579. The topological polar surface area (TPSA) is 68.3 Å². The van der Waals surface area contributed by atoms with Gasteiger partial charge in [-0.05, 0) is 43.5 Å². The molecule has 7 heteroatoms. The van der Waals surface area contributed by atoms with E-state index in [9.17, 15) is 9.59 Å². The zero-order chi connectivity index (χ0) is 24.1. The average molecular weight is 467 g/mol. The molecule has 2 aromatic rings. The standard InChI is InChI=1S/C27H34N2O5/c1-4-34-23-15-14-19(16-24(23)33-3)26-27(31)28(21-11-6-5-7-12-21)18-25(30)29(26)17-20-10-8-9-13-22(20)32-2/h8-10,13-16,21,26H,4-7,11-12,17-18H2,1-3H3/t26-/m0/s1. The first-order chi connectivity index (χ1) is 16.6. The number of hydrogen-bond acceptors (Lipinski definition) is 5. The molecule has 1 atom stereocenters. The van der Waals surface area contributed by atoms with Crippen molar-refractivity contribution in [3.8, 4) is 17.2 Å². The van der Waals surface area contributed by atoms with Gasteiger partial charge in [0.15, 0.2) is 11.5 Å². The van der Waals surface area contributed by atoms with E-state index >= 15 is 0 Å². The summed E-state index contributed by atoms with van der Waals surface area (Å²) in [5, 5.41) is 0. The van der Waals surface area contributed by atoms with Crippen LogP contribution in [0.5, 0.6) is 17.2 Å². The minimum Gasteiger partial charge on any atom is -0.496 e. The summed E-state index contributed by atoms with van der Waals surface area (Å²) in [5.41, 5.74) is 1.58. The normalized spacial score (nSPS) is 19.3. The molecule has 0 aromatic heterocycles. The highest BCUT2D eigenvalue weighted by atomic mass is 16.5. The highest BCUT2D eigenvalue weighted by molar-refractivity contribution is 5.96. The third-order valence-electron chi connectivity index (χ3n) is 6.81. The third-order valence-corrected chi connectivity index (χ3v) is 6.81. The maximum atomic E-state index is 14.0. The van der Waals surface area contributed by atoms with Crippen LogP contribution in [0.3, 0.4) is 0 Å². The summed E-state index contributed by atoms with van der Waals surface area (Å²) in [4.78, 5) is 31.0. The van der Waals surface area contributed by atoms with E-state index in [4.69, 9.17) is 14.2 Å². The minimum absolute atomic E-state index is 0.0346. The van der Waals surface area contributed by atoms with Gasteiger partial charge in [-0.1, -0.05) is 43.5 Å². The molecule has 2 fully saturated rings. The lowest BCUT2D eigenvalue weighted by molar-refractivity contribution is -0.160. The molecule has 182 valence electrons. The second-order valence-corrected chi connectivity index (χ2v) is 8.84. The summed E-state index contributed by atoms with van der Waals surface area (Å²) in [6.45, 7) is 2.82. The Bertz CT molecular complexity index is 1020. The molecule has 1 aliphatic heterocycles. The van der Waals surface area contributed by atoms with Crippen LogP contribution >= 0.6 is 0 Å². The number of carbonyl (C=O) groups is 2. The van der Waals surface area contributed by atoms with Crippen LogP contribution in [0, 0.1) is 0 Å². The molecule has 4 rings (SSSR count). The molecule has 0 bridgehead atoms. The predicted molar refractivity (Wildman–Crippen MR) is 129 cm³/mol. The van der Waals surface area contributed by atoms with Crippen LogP contribution in [0.1, 0.15) is 56.2 Å². The second kappa shape index (κ2) is 10.8. The Kier molecular flexibility index (Phi) is 7.60. The number of ether oxygens (including phenoxy) is 3. The number of rotatable bonds is 8. The van der Waals surface area contributed by atoms with Gasteiger partial charge in [0.05, 0.1) is 27.4 Å². The monoisotopic (exact) mass is 466 g/mol. The van der Waals surface area contributed by atoms with Crippen molar-refractivity contribution in [3.05, 3.63) is 53.6 Å². The summed E-state index contributed by atoms with van der Waals surface area (Å²) in [6, 6.07) is 12.5. The number of benzene rings is 2. The van der Waals surface area contributed by atoms with E-state index in [-0.39, 0.29) is 30.9 Å². The number of amides is 2. The number of piperazine rings is 1. The van der Waals surface area contributed by atoms with Crippen molar-refractivity contribution >= 4 is 11.8 Å². The largest absolute Gasteiger partial charge is 0.496 e. The maximum Gasteiger partial charge on any atom is 0.250 e. The Morgan fingerprint density at radius 3 is 2.35 bits per heavy atom. The highest BCUT2D eigenvalue weighted by Crippen LogP contribution is 2.38. The zero-order valence-corrected chi connectivity index (χ0v) is 20.3. The van der Waals surface area contributed by atoms with Crippen LogP contribution in [0.2, 0.25) is 0 Å². The molecule has 0 radical (unpaired) electrons. The van der Waals surface area contributed by atoms with Crippen LogP contribution < -0.4 is 14.2 Å². The van der Waals surface area contributed by atoms with Gasteiger partial charge in [0, 0.05) is 11.6 Å². The lowest BCUT2D eigenvalue weighted by Gasteiger charge is -2.44. The summed E-state index contributed by atoms with van der Waals surface area (Å²) >= 11 is 0. The van der Waals surface area contributed by atoms with Gasteiger partial charge < -0.3 is 24.0 Å². The Morgan fingerprint density at radius 1 is 0.912 bits per heavy atom. The third kappa shape index (κ3) is 4.83. The van der Waals surface area contributed by atoms with Crippen LogP contribution in [-0.2, 0) is 16.1 Å². The van der Waals surface area contributed by atoms with E-state index in [1.165, 1.54) is 6.42 Å². The van der Waals surface area contributed by atoms with Crippen LogP contribution in [0.15, 0.2) is 42.5 Å². The van der Waals surface area contributed by atoms with Crippen molar-refractivity contribution in [2.24, 2.45) is 0 Å². The zero-order valence-electron chi connectivity index (χ0n) is 20.3. The predicted octanol–water partition coefficient (Wildman–Crippen LogP) is 4.35. The Morgan fingerprint density at radius 2 is 1.65 bits per heavy atom. The molecule has 1 aliphatic carbocycles. The molecule has 7 nitrogen and oxygen atoms in total. The van der Waals surface area contributed by atoms with Gasteiger partial charge in [0.2, 0.25) is 5.91 Å². The van der Waals surface area contributed by atoms with Crippen molar-refractivity contribution in [1.82, 2.24) is 9.80 Å². The summed E-state index contributed by atoms with van der Waals surface area (Å²) in [7, 11) is 3.19.